The Balaban J connectivity index is 0.00000705. The predicted octanol–water partition coefficient (Wildman–Crippen LogP) is -1.17. The standard InChI is InChI=1S/C30H44N8O6.CH4/c31-9-1-3-21(33)15-35-27(41)16-36-29(43)24-14-20-12-18(6-8-26(20)40)17-5-7-25(39)19(11-17)13-22(34)28(42)37-23(4-2-10-32)30(44)38-24;/h5-8,11-12,21-24,39-40H,1-4,9-10,13-16,31-34H2,(H,35,41)(H,36,43)(H,37,42)(H,38,44);1H4/t21-,22-,23-,24-;/m0./s1. The maximum atomic E-state index is 13.4. The summed E-state index contributed by atoms with van der Waals surface area (Å²) in [6.45, 7) is 0.573. The Bertz CT molecular complexity index is 1320. The van der Waals surface area contributed by atoms with Crippen LogP contribution in [0.15, 0.2) is 36.4 Å². The first-order valence-corrected chi connectivity index (χ1v) is 14.7. The molecule has 4 amide bonds. The van der Waals surface area contributed by atoms with E-state index in [0.29, 0.717) is 41.6 Å². The molecule has 0 aromatic heterocycles. The largest absolute Gasteiger partial charge is 0.508 e. The zero-order valence-electron chi connectivity index (χ0n) is 24.7. The van der Waals surface area contributed by atoms with Crippen LogP contribution in [0, 0.1) is 0 Å². The summed E-state index contributed by atoms with van der Waals surface area (Å²) in [5, 5.41) is 31.6. The Hall–Kier alpha value is -4.24. The summed E-state index contributed by atoms with van der Waals surface area (Å²) < 4.78 is 0. The van der Waals surface area contributed by atoms with Gasteiger partial charge in [-0.05, 0) is 85.3 Å². The topological polar surface area (TPSA) is 261 Å². The average Bonchev–Trinajstić information content (AvgIpc) is 3.00. The van der Waals surface area contributed by atoms with Crippen LogP contribution in [0.25, 0.3) is 11.1 Å². The molecule has 2 aromatic carbocycles. The number of aromatic hydroxyl groups is 2. The summed E-state index contributed by atoms with van der Waals surface area (Å²) in [6.07, 6.45) is 1.78. The molecule has 0 fully saturated rings. The van der Waals surface area contributed by atoms with Crippen LogP contribution in [0.2, 0.25) is 0 Å². The van der Waals surface area contributed by atoms with Crippen molar-refractivity contribution in [3.05, 3.63) is 47.5 Å². The first-order valence-electron chi connectivity index (χ1n) is 14.7. The van der Waals surface area contributed by atoms with Crippen LogP contribution in [0.4, 0.5) is 0 Å². The van der Waals surface area contributed by atoms with Gasteiger partial charge in [-0.1, -0.05) is 19.6 Å². The van der Waals surface area contributed by atoms with Gasteiger partial charge in [0, 0.05) is 25.4 Å². The third-order valence-corrected chi connectivity index (χ3v) is 7.42. The summed E-state index contributed by atoms with van der Waals surface area (Å²) in [7, 11) is 0. The highest BCUT2D eigenvalue weighted by molar-refractivity contribution is 5.94. The minimum absolute atomic E-state index is 0. The second-order valence-electron chi connectivity index (χ2n) is 11.0. The lowest BCUT2D eigenvalue weighted by molar-refractivity contribution is -0.133. The van der Waals surface area contributed by atoms with E-state index in [2.05, 4.69) is 21.3 Å². The van der Waals surface area contributed by atoms with E-state index in [1.807, 2.05) is 0 Å². The van der Waals surface area contributed by atoms with Crippen molar-refractivity contribution in [3.8, 4) is 22.6 Å². The monoisotopic (exact) mass is 628 g/mol. The number of hydrogen-bond acceptors (Lipinski definition) is 10. The van der Waals surface area contributed by atoms with Crippen molar-refractivity contribution in [3.63, 3.8) is 0 Å². The molecule has 0 radical (unpaired) electrons. The summed E-state index contributed by atoms with van der Waals surface area (Å²) in [6, 6.07) is 5.98. The minimum Gasteiger partial charge on any atom is -0.508 e. The van der Waals surface area contributed by atoms with Gasteiger partial charge >= 0.3 is 0 Å². The number of phenols is 2. The van der Waals surface area contributed by atoms with Crippen molar-refractivity contribution < 1.29 is 29.4 Å². The van der Waals surface area contributed by atoms with E-state index in [4.69, 9.17) is 22.9 Å². The second-order valence-corrected chi connectivity index (χ2v) is 11.0. The number of phenolic OH excluding ortho intramolecular Hbond substituents is 2. The van der Waals surface area contributed by atoms with Crippen LogP contribution in [0.5, 0.6) is 11.5 Å². The molecule has 4 bridgehead atoms. The molecule has 14 N–H and O–H groups in total. The Morgan fingerprint density at radius 3 is 2.09 bits per heavy atom. The van der Waals surface area contributed by atoms with Crippen LogP contribution < -0.4 is 44.2 Å². The van der Waals surface area contributed by atoms with Crippen molar-refractivity contribution in [2.75, 3.05) is 26.2 Å². The Kier molecular flexibility index (Phi) is 14.7. The van der Waals surface area contributed by atoms with Gasteiger partial charge in [0.15, 0.2) is 0 Å². The van der Waals surface area contributed by atoms with E-state index >= 15 is 0 Å². The van der Waals surface area contributed by atoms with Gasteiger partial charge in [-0.3, -0.25) is 19.2 Å². The molecule has 0 saturated carbocycles. The molecular weight excluding hydrogens is 580 g/mol. The van der Waals surface area contributed by atoms with Crippen LogP contribution in [-0.2, 0) is 32.0 Å². The van der Waals surface area contributed by atoms with E-state index in [-0.39, 0.29) is 63.9 Å². The van der Waals surface area contributed by atoms with E-state index < -0.39 is 41.8 Å². The summed E-state index contributed by atoms with van der Waals surface area (Å²) in [5.41, 5.74) is 25.4. The van der Waals surface area contributed by atoms with Crippen molar-refractivity contribution in [1.82, 2.24) is 21.3 Å². The molecule has 248 valence electrons. The Labute approximate surface area is 263 Å². The predicted molar refractivity (Wildman–Crippen MR) is 172 cm³/mol. The van der Waals surface area contributed by atoms with Crippen molar-refractivity contribution in [2.24, 2.45) is 22.9 Å². The molecule has 1 heterocycles. The molecule has 45 heavy (non-hydrogen) atoms. The second kappa shape index (κ2) is 17.9. The lowest BCUT2D eigenvalue weighted by Crippen LogP contribution is -2.57. The smallest absolute Gasteiger partial charge is 0.243 e. The van der Waals surface area contributed by atoms with Gasteiger partial charge in [-0.25, -0.2) is 0 Å². The quantitative estimate of drug-likeness (QED) is 0.143. The zero-order valence-corrected chi connectivity index (χ0v) is 24.7. The van der Waals surface area contributed by atoms with Gasteiger partial charge in [-0.15, -0.1) is 0 Å². The Morgan fingerprint density at radius 1 is 0.889 bits per heavy atom. The summed E-state index contributed by atoms with van der Waals surface area (Å²) >= 11 is 0. The fraction of sp³-hybridized carbons (Fsp3) is 0.484. The van der Waals surface area contributed by atoms with Crippen LogP contribution in [-0.4, -0.2) is 84.2 Å². The summed E-state index contributed by atoms with van der Waals surface area (Å²) in [5.74, 6) is -2.59. The number of hydrogen-bond donors (Lipinski definition) is 10. The van der Waals surface area contributed by atoms with Gasteiger partial charge in [0.2, 0.25) is 23.6 Å². The molecule has 14 nitrogen and oxygen atoms in total. The first kappa shape index (κ1) is 36.9. The minimum atomic E-state index is -1.23. The van der Waals surface area contributed by atoms with E-state index in [9.17, 15) is 29.4 Å². The van der Waals surface area contributed by atoms with Crippen molar-refractivity contribution in [2.45, 2.75) is 70.1 Å². The molecule has 0 aliphatic carbocycles. The number of carbonyl (C=O) groups is 4. The maximum absolute atomic E-state index is 13.4. The average molecular weight is 629 g/mol. The molecule has 4 atom stereocenters. The van der Waals surface area contributed by atoms with Gasteiger partial charge in [0.25, 0.3) is 0 Å². The zero-order chi connectivity index (χ0) is 32.2. The van der Waals surface area contributed by atoms with Crippen molar-refractivity contribution >= 4 is 23.6 Å². The fourth-order valence-corrected chi connectivity index (χ4v) is 4.84. The van der Waals surface area contributed by atoms with E-state index in [1.165, 1.54) is 12.1 Å². The highest BCUT2D eigenvalue weighted by Gasteiger charge is 2.29. The first-order chi connectivity index (χ1) is 21.0. The number of amides is 4. The number of rotatable bonds is 11. The molecular formula is C31H48N8O6. The molecule has 0 spiro atoms. The molecule has 1 aliphatic heterocycles. The highest BCUT2D eigenvalue weighted by Crippen LogP contribution is 2.30. The van der Waals surface area contributed by atoms with Gasteiger partial charge in [0.1, 0.15) is 23.6 Å². The molecule has 2 aromatic rings. The van der Waals surface area contributed by atoms with Crippen LogP contribution in [0.3, 0.4) is 0 Å². The molecule has 3 rings (SSSR count). The molecule has 0 saturated heterocycles. The van der Waals surface area contributed by atoms with Crippen LogP contribution >= 0.6 is 0 Å². The third-order valence-electron chi connectivity index (χ3n) is 7.42. The number of nitrogens with one attached hydrogen (secondary N) is 4. The number of nitrogens with two attached hydrogens (primary N) is 4. The normalized spacial score (nSPS) is 19.1. The third kappa shape index (κ3) is 11.0. The molecule has 0 unspecified atom stereocenters. The maximum Gasteiger partial charge on any atom is 0.243 e. The number of fused-ring (bicyclic) bond motifs is 5. The van der Waals surface area contributed by atoms with Crippen LogP contribution in [0.1, 0.15) is 44.2 Å². The van der Waals surface area contributed by atoms with Crippen molar-refractivity contribution in [1.29, 1.82) is 0 Å². The van der Waals surface area contributed by atoms with Gasteiger partial charge in [0.05, 0.1) is 12.6 Å². The molecule has 14 heteroatoms. The fourth-order valence-electron chi connectivity index (χ4n) is 4.84. The molecule has 1 aliphatic rings. The number of carbonyl (C=O) groups excluding carboxylic acids is 4. The highest BCUT2D eigenvalue weighted by atomic mass is 16.3. The summed E-state index contributed by atoms with van der Waals surface area (Å²) in [4.78, 5) is 52.2. The van der Waals surface area contributed by atoms with E-state index in [1.54, 1.807) is 24.3 Å². The number of benzene rings is 2. The lowest BCUT2D eigenvalue weighted by atomic mass is 9.95. The Morgan fingerprint density at radius 2 is 1.49 bits per heavy atom. The lowest BCUT2D eigenvalue weighted by Gasteiger charge is -2.24. The van der Waals surface area contributed by atoms with Gasteiger partial charge in [-0.2, -0.15) is 0 Å². The van der Waals surface area contributed by atoms with E-state index in [0.717, 1.165) is 6.42 Å². The van der Waals surface area contributed by atoms with Gasteiger partial charge < -0.3 is 54.4 Å². The SMILES string of the molecule is C.NCCC[C@H](N)CNC(=O)CNC(=O)[C@@H]1Cc2cc(ccc2O)-c2ccc(O)c(c2)C[C@H](N)C(=O)N[C@@H](CCCN)C(=O)N1.